The number of hydrogen-bond donors (Lipinski definition) is 1. The molecule has 0 bridgehead atoms. The van der Waals surface area contributed by atoms with Crippen molar-refractivity contribution in [2.24, 2.45) is 0 Å². The molecule has 0 spiro atoms. The molecule has 0 saturated carbocycles. The van der Waals surface area contributed by atoms with Gasteiger partial charge in [-0.3, -0.25) is 4.79 Å². The average Bonchev–Trinajstić information content (AvgIpc) is 2.68. The van der Waals surface area contributed by atoms with Crippen LogP contribution < -0.4 is 5.32 Å². The molecule has 106 valence electrons. The van der Waals surface area contributed by atoms with E-state index in [9.17, 15) is 13.2 Å². The second-order valence-corrected chi connectivity index (χ2v) is 7.62. The van der Waals surface area contributed by atoms with Gasteiger partial charge in [0.15, 0.2) is 9.84 Å². The Kier molecular flexibility index (Phi) is 3.92. The molecular weight excluding hydrogens is 296 g/mol. The van der Waals surface area contributed by atoms with Crippen LogP contribution in [0.4, 0.5) is 5.69 Å². The van der Waals surface area contributed by atoms with Crippen LogP contribution >= 0.6 is 11.3 Å². The molecular formula is C13H14N2O3S2. The second kappa shape index (κ2) is 5.34. The SMILES string of the molecule is Cc1nc(C)c(C(=O)Nc2ccc(S(C)(=O)=O)cc2)s1. The highest BCUT2D eigenvalue weighted by molar-refractivity contribution is 7.90. The van der Waals surface area contributed by atoms with Crippen molar-refractivity contribution < 1.29 is 13.2 Å². The molecule has 0 aliphatic carbocycles. The number of nitrogens with zero attached hydrogens (tertiary/aromatic N) is 1. The molecule has 5 nitrogen and oxygen atoms in total. The summed E-state index contributed by atoms with van der Waals surface area (Å²) in [4.78, 5) is 17.1. The summed E-state index contributed by atoms with van der Waals surface area (Å²) in [6, 6.07) is 6.07. The lowest BCUT2D eigenvalue weighted by molar-refractivity contribution is 0.103. The van der Waals surface area contributed by atoms with Crippen molar-refractivity contribution in [2.45, 2.75) is 18.7 Å². The van der Waals surface area contributed by atoms with E-state index in [0.29, 0.717) is 16.3 Å². The number of sulfone groups is 1. The van der Waals surface area contributed by atoms with Crippen LogP contribution in [0.1, 0.15) is 20.4 Å². The lowest BCUT2D eigenvalue weighted by Gasteiger charge is -2.05. The quantitative estimate of drug-likeness (QED) is 0.944. The summed E-state index contributed by atoms with van der Waals surface area (Å²) < 4.78 is 22.7. The van der Waals surface area contributed by atoms with Gasteiger partial charge in [-0.05, 0) is 38.1 Å². The number of anilines is 1. The molecule has 0 atom stereocenters. The van der Waals surface area contributed by atoms with Crippen LogP contribution in [0, 0.1) is 13.8 Å². The van der Waals surface area contributed by atoms with E-state index in [1.165, 1.54) is 23.5 Å². The third-order valence-electron chi connectivity index (χ3n) is 2.65. The van der Waals surface area contributed by atoms with Gasteiger partial charge in [-0.1, -0.05) is 0 Å². The number of carbonyl (C=O) groups is 1. The van der Waals surface area contributed by atoms with Gasteiger partial charge in [0.25, 0.3) is 5.91 Å². The van der Waals surface area contributed by atoms with Crippen molar-refractivity contribution in [2.75, 3.05) is 11.6 Å². The third-order valence-corrected chi connectivity index (χ3v) is 4.85. The molecule has 7 heteroatoms. The van der Waals surface area contributed by atoms with Gasteiger partial charge in [0, 0.05) is 11.9 Å². The van der Waals surface area contributed by atoms with Crippen LogP contribution in [-0.2, 0) is 9.84 Å². The first-order chi connectivity index (χ1) is 9.27. The number of rotatable bonds is 3. The molecule has 1 amide bonds. The number of thiazole rings is 1. The summed E-state index contributed by atoms with van der Waals surface area (Å²) in [6.07, 6.45) is 1.14. The Balaban J connectivity index is 2.18. The van der Waals surface area contributed by atoms with Crippen molar-refractivity contribution in [1.29, 1.82) is 0 Å². The number of nitrogens with one attached hydrogen (secondary N) is 1. The second-order valence-electron chi connectivity index (χ2n) is 4.40. The summed E-state index contributed by atoms with van der Waals surface area (Å²) >= 11 is 1.33. The van der Waals surface area contributed by atoms with Crippen molar-refractivity contribution in [3.8, 4) is 0 Å². The minimum absolute atomic E-state index is 0.223. The maximum absolute atomic E-state index is 12.1. The minimum atomic E-state index is -3.22. The van der Waals surface area contributed by atoms with Crippen molar-refractivity contribution in [3.63, 3.8) is 0 Å². The molecule has 0 fully saturated rings. The van der Waals surface area contributed by atoms with Gasteiger partial charge in [0.2, 0.25) is 0 Å². The zero-order valence-corrected chi connectivity index (χ0v) is 12.9. The number of carbonyl (C=O) groups excluding carboxylic acids is 1. The van der Waals surface area contributed by atoms with Gasteiger partial charge in [0.1, 0.15) is 4.88 Å². The Morgan fingerprint density at radius 2 is 1.80 bits per heavy atom. The molecule has 0 aliphatic rings. The van der Waals surface area contributed by atoms with E-state index in [4.69, 9.17) is 0 Å². The van der Waals surface area contributed by atoms with E-state index in [-0.39, 0.29) is 10.8 Å². The fourth-order valence-electron chi connectivity index (χ4n) is 1.72. The average molecular weight is 310 g/mol. The molecule has 1 N–H and O–H groups in total. The van der Waals surface area contributed by atoms with Crippen molar-refractivity contribution >= 4 is 32.8 Å². The lowest BCUT2D eigenvalue weighted by Crippen LogP contribution is -2.11. The largest absolute Gasteiger partial charge is 0.321 e. The van der Waals surface area contributed by atoms with Crippen LogP contribution in [-0.4, -0.2) is 25.6 Å². The number of benzene rings is 1. The fraction of sp³-hybridized carbons (Fsp3) is 0.231. The molecule has 0 unspecified atom stereocenters. The monoisotopic (exact) mass is 310 g/mol. The first-order valence-electron chi connectivity index (χ1n) is 5.83. The molecule has 1 heterocycles. The van der Waals surface area contributed by atoms with Crippen molar-refractivity contribution in [3.05, 3.63) is 39.8 Å². The van der Waals surface area contributed by atoms with Crippen LogP contribution in [0.2, 0.25) is 0 Å². The van der Waals surface area contributed by atoms with Gasteiger partial charge in [-0.2, -0.15) is 0 Å². The van der Waals surface area contributed by atoms with Gasteiger partial charge in [-0.25, -0.2) is 13.4 Å². The molecule has 1 aromatic heterocycles. The Morgan fingerprint density at radius 3 is 2.25 bits per heavy atom. The standard InChI is InChI=1S/C13H14N2O3S2/c1-8-12(19-9(2)14-8)13(16)15-10-4-6-11(7-5-10)20(3,17)18/h4-7H,1-3H3,(H,15,16). The molecule has 0 saturated heterocycles. The van der Waals surface area contributed by atoms with E-state index < -0.39 is 9.84 Å². The first kappa shape index (κ1) is 14.7. The smallest absolute Gasteiger partial charge is 0.267 e. The predicted octanol–water partition coefficient (Wildman–Crippen LogP) is 2.42. The highest BCUT2D eigenvalue weighted by Crippen LogP contribution is 2.20. The first-order valence-corrected chi connectivity index (χ1v) is 8.53. The Bertz CT molecular complexity index is 746. The highest BCUT2D eigenvalue weighted by Gasteiger charge is 2.14. The maximum atomic E-state index is 12.1. The number of amides is 1. The molecule has 20 heavy (non-hydrogen) atoms. The normalized spacial score (nSPS) is 11.3. The molecule has 0 aliphatic heterocycles. The lowest BCUT2D eigenvalue weighted by atomic mass is 10.3. The summed E-state index contributed by atoms with van der Waals surface area (Å²) in [5, 5.41) is 3.56. The van der Waals surface area contributed by atoms with Gasteiger partial charge < -0.3 is 5.32 Å². The summed E-state index contributed by atoms with van der Waals surface area (Å²) in [5.41, 5.74) is 1.24. The van der Waals surface area contributed by atoms with Gasteiger partial charge in [0.05, 0.1) is 15.6 Å². The molecule has 1 aromatic carbocycles. The third kappa shape index (κ3) is 3.23. The number of hydrogen-bond acceptors (Lipinski definition) is 5. The maximum Gasteiger partial charge on any atom is 0.267 e. The van der Waals surface area contributed by atoms with Gasteiger partial charge >= 0.3 is 0 Å². The Labute approximate surface area is 121 Å². The molecule has 2 rings (SSSR count). The van der Waals surface area contributed by atoms with E-state index in [0.717, 1.165) is 11.3 Å². The number of aromatic nitrogens is 1. The van der Waals surface area contributed by atoms with Crippen molar-refractivity contribution in [1.82, 2.24) is 4.98 Å². The van der Waals surface area contributed by atoms with E-state index in [2.05, 4.69) is 10.3 Å². The Hall–Kier alpha value is -1.73. The zero-order chi connectivity index (χ0) is 14.9. The topological polar surface area (TPSA) is 76.1 Å². The summed E-state index contributed by atoms with van der Waals surface area (Å²) in [5.74, 6) is -0.236. The number of aryl methyl sites for hydroxylation is 2. The van der Waals surface area contributed by atoms with Gasteiger partial charge in [-0.15, -0.1) is 11.3 Å². The van der Waals surface area contributed by atoms with Crippen LogP contribution in [0.3, 0.4) is 0 Å². The summed E-state index contributed by atoms with van der Waals surface area (Å²) in [7, 11) is -3.22. The molecule has 2 aromatic rings. The Morgan fingerprint density at radius 1 is 1.20 bits per heavy atom. The summed E-state index contributed by atoms with van der Waals surface area (Å²) in [6.45, 7) is 3.63. The van der Waals surface area contributed by atoms with E-state index in [1.807, 2.05) is 6.92 Å². The van der Waals surface area contributed by atoms with Crippen LogP contribution in [0.5, 0.6) is 0 Å². The van der Waals surface area contributed by atoms with E-state index in [1.54, 1.807) is 19.1 Å². The van der Waals surface area contributed by atoms with E-state index >= 15 is 0 Å². The highest BCUT2D eigenvalue weighted by atomic mass is 32.2. The predicted molar refractivity (Wildman–Crippen MR) is 79.1 cm³/mol. The zero-order valence-electron chi connectivity index (χ0n) is 11.3. The fourth-order valence-corrected chi connectivity index (χ4v) is 3.16. The van der Waals surface area contributed by atoms with Crippen LogP contribution in [0.25, 0.3) is 0 Å². The van der Waals surface area contributed by atoms with Crippen LogP contribution in [0.15, 0.2) is 29.2 Å². The molecule has 0 radical (unpaired) electrons. The minimum Gasteiger partial charge on any atom is -0.321 e.